The molecule has 0 aliphatic carbocycles. The van der Waals surface area contributed by atoms with Crippen molar-refractivity contribution in [2.24, 2.45) is 0 Å². The Morgan fingerprint density at radius 3 is 2.79 bits per heavy atom. The van der Waals surface area contributed by atoms with Gasteiger partial charge < -0.3 is 25.0 Å². The van der Waals surface area contributed by atoms with E-state index in [0.29, 0.717) is 26.1 Å². The summed E-state index contributed by atoms with van der Waals surface area (Å²) in [5.41, 5.74) is 0.390. The van der Waals surface area contributed by atoms with E-state index in [-0.39, 0.29) is 0 Å². The maximum Gasteiger partial charge on any atom is 0.134 e. The van der Waals surface area contributed by atoms with Crippen molar-refractivity contribution in [1.29, 1.82) is 0 Å². The van der Waals surface area contributed by atoms with E-state index in [1.54, 1.807) is 6.33 Å². The van der Waals surface area contributed by atoms with Gasteiger partial charge in [-0.3, -0.25) is 4.90 Å². The Hall–Kier alpha value is -2.42. The number of hydrogen-bond acceptors (Lipinski definition) is 8. The summed E-state index contributed by atoms with van der Waals surface area (Å²) in [5, 5.41) is 14.5. The lowest BCUT2D eigenvalue weighted by molar-refractivity contribution is 0.0626. The molecule has 3 heterocycles. The highest BCUT2D eigenvalue weighted by Gasteiger charge is 2.36. The first-order valence-corrected chi connectivity index (χ1v) is 12.1. The first-order chi connectivity index (χ1) is 16.0. The molecule has 2 saturated heterocycles. The normalized spacial score (nSPS) is 21.4. The zero-order valence-electron chi connectivity index (χ0n) is 20.0. The molecule has 2 fully saturated rings. The van der Waals surface area contributed by atoms with Gasteiger partial charge in [0, 0.05) is 52.9 Å². The Morgan fingerprint density at radius 1 is 1.12 bits per heavy atom. The average Bonchev–Trinajstić information content (AvgIpc) is 3.22. The lowest BCUT2D eigenvalue weighted by Crippen LogP contribution is -2.43. The van der Waals surface area contributed by atoms with Crippen LogP contribution in [-0.4, -0.2) is 85.5 Å². The molecule has 0 spiro atoms. The number of nitrogens with zero attached hydrogens (tertiary/aromatic N) is 5. The molecule has 0 radical (unpaired) electrons. The molecule has 2 aromatic rings. The fourth-order valence-corrected chi connectivity index (χ4v) is 4.61. The van der Waals surface area contributed by atoms with E-state index >= 15 is 0 Å². The van der Waals surface area contributed by atoms with Crippen LogP contribution in [0, 0.1) is 0 Å². The SMILES string of the molecule is CN(C)c1cc(N2CC[C@](O)(CNCc3cccc(OCCN4CCCCC4)c3)C2)ncn1. The van der Waals surface area contributed by atoms with Crippen LogP contribution in [0.1, 0.15) is 31.2 Å². The summed E-state index contributed by atoms with van der Waals surface area (Å²) < 4.78 is 6.00. The van der Waals surface area contributed by atoms with Crippen LogP contribution >= 0.6 is 0 Å². The molecule has 2 N–H and O–H groups in total. The Labute approximate surface area is 197 Å². The third-order valence-corrected chi connectivity index (χ3v) is 6.56. The minimum Gasteiger partial charge on any atom is -0.492 e. The molecule has 1 aromatic heterocycles. The maximum atomic E-state index is 11.1. The number of benzene rings is 1. The van der Waals surface area contributed by atoms with Gasteiger partial charge in [0.25, 0.3) is 0 Å². The largest absolute Gasteiger partial charge is 0.492 e. The number of likely N-dealkylation sites (tertiary alicyclic amines) is 1. The molecule has 8 nitrogen and oxygen atoms in total. The smallest absolute Gasteiger partial charge is 0.134 e. The van der Waals surface area contributed by atoms with Gasteiger partial charge in [0.15, 0.2) is 0 Å². The third kappa shape index (κ3) is 6.79. The van der Waals surface area contributed by atoms with Crippen molar-refractivity contribution in [2.45, 2.75) is 37.8 Å². The first kappa shape index (κ1) is 23.7. The van der Waals surface area contributed by atoms with E-state index in [1.165, 1.54) is 32.4 Å². The Bertz CT molecular complexity index is 889. The fourth-order valence-electron chi connectivity index (χ4n) is 4.61. The third-order valence-electron chi connectivity index (χ3n) is 6.56. The molecule has 0 amide bonds. The van der Waals surface area contributed by atoms with Gasteiger partial charge >= 0.3 is 0 Å². The molecule has 33 heavy (non-hydrogen) atoms. The monoisotopic (exact) mass is 454 g/mol. The summed E-state index contributed by atoms with van der Waals surface area (Å²) in [4.78, 5) is 15.3. The molecule has 180 valence electrons. The lowest BCUT2D eigenvalue weighted by Gasteiger charge is -2.26. The number of nitrogens with one attached hydrogen (secondary N) is 1. The van der Waals surface area contributed by atoms with Crippen molar-refractivity contribution in [3.05, 3.63) is 42.2 Å². The number of ether oxygens (including phenoxy) is 1. The van der Waals surface area contributed by atoms with Crippen molar-refractivity contribution in [3.8, 4) is 5.75 Å². The zero-order chi connectivity index (χ0) is 23.1. The van der Waals surface area contributed by atoms with Gasteiger partial charge in [-0.05, 0) is 50.0 Å². The van der Waals surface area contributed by atoms with E-state index < -0.39 is 5.60 Å². The average molecular weight is 455 g/mol. The molecule has 0 bridgehead atoms. The van der Waals surface area contributed by atoms with E-state index in [4.69, 9.17) is 4.74 Å². The van der Waals surface area contributed by atoms with Gasteiger partial charge in [-0.25, -0.2) is 9.97 Å². The van der Waals surface area contributed by atoms with Crippen LogP contribution in [0.15, 0.2) is 36.7 Å². The number of rotatable bonds is 10. The van der Waals surface area contributed by atoms with E-state index in [0.717, 1.165) is 42.6 Å². The van der Waals surface area contributed by atoms with E-state index in [2.05, 4.69) is 37.2 Å². The molecule has 0 unspecified atom stereocenters. The van der Waals surface area contributed by atoms with Crippen LogP contribution in [0.4, 0.5) is 11.6 Å². The summed E-state index contributed by atoms with van der Waals surface area (Å²) >= 11 is 0. The van der Waals surface area contributed by atoms with Crippen molar-refractivity contribution in [2.75, 3.05) is 69.8 Å². The number of anilines is 2. The second kappa shape index (κ2) is 11.1. The first-order valence-electron chi connectivity index (χ1n) is 12.1. The van der Waals surface area contributed by atoms with Crippen molar-refractivity contribution in [1.82, 2.24) is 20.2 Å². The van der Waals surface area contributed by atoms with Gasteiger partial charge in [0.05, 0.1) is 5.60 Å². The summed E-state index contributed by atoms with van der Waals surface area (Å²) in [6.45, 7) is 6.69. The molecule has 2 aliphatic heterocycles. The number of aliphatic hydroxyl groups is 1. The molecular formula is C25H38N6O2. The van der Waals surface area contributed by atoms with Crippen LogP contribution in [0.25, 0.3) is 0 Å². The van der Waals surface area contributed by atoms with Gasteiger partial charge in [-0.1, -0.05) is 18.6 Å². The number of hydrogen-bond donors (Lipinski definition) is 2. The number of β-amino-alcohol motifs (C(OH)–C–C–N with tert-alkyl or cyclic N) is 1. The summed E-state index contributed by atoms with van der Waals surface area (Å²) in [7, 11) is 3.93. The van der Waals surface area contributed by atoms with Gasteiger partial charge in [0.1, 0.15) is 30.3 Å². The molecular weight excluding hydrogens is 416 g/mol. The predicted octanol–water partition coefficient (Wildman–Crippen LogP) is 2.14. The second-order valence-corrected chi connectivity index (χ2v) is 9.53. The Balaban J connectivity index is 1.22. The highest BCUT2D eigenvalue weighted by Crippen LogP contribution is 2.26. The summed E-state index contributed by atoms with van der Waals surface area (Å²) in [6.07, 6.45) is 6.27. The van der Waals surface area contributed by atoms with Crippen LogP contribution in [0.3, 0.4) is 0 Å². The van der Waals surface area contributed by atoms with Crippen molar-refractivity contribution >= 4 is 11.6 Å². The molecule has 2 aliphatic rings. The maximum absolute atomic E-state index is 11.1. The van der Waals surface area contributed by atoms with Gasteiger partial charge in [-0.2, -0.15) is 0 Å². The van der Waals surface area contributed by atoms with Crippen molar-refractivity contribution < 1.29 is 9.84 Å². The predicted molar refractivity (Wildman–Crippen MR) is 132 cm³/mol. The van der Waals surface area contributed by atoms with Gasteiger partial charge in [0.2, 0.25) is 0 Å². The Kier molecular flexibility index (Phi) is 8.01. The Morgan fingerprint density at radius 2 is 1.97 bits per heavy atom. The molecule has 1 atom stereocenters. The van der Waals surface area contributed by atoms with Crippen LogP contribution < -0.4 is 19.9 Å². The number of aromatic nitrogens is 2. The highest BCUT2D eigenvalue weighted by atomic mass is 16.5. The standard InChI is InChI=1S/C25H38N6O2/c1-29(2)23-16-24(28-20-27-23)31-12-9-25(32,19-31)18-26-17-21-7-6-8-22(15-21)33-14-13-30-10-4-3-5-11-30/h6-8,15-16,20,26,32H,3-5,9-14,17-19H2,1-2H3/t25-/m0/s1. The highest BCUT2D eigenvalue weighted by molar-refractivity contribution is 5.50. The fraction of sp³-hybridized carbons (Fsp3) is 0.600. The van der Waals surface area contributed by atoms with Crippen LogP contribution in [0.2, 0.25) is 0 Å². The number of piperidine rings is 1. The second-order valence-electron chi connectivity index (χ2n) is 9.53. The quantitative estimate of drug-likeness (QED) is 0.566. The van der Waals surface area contributed by atoms with Gasteiger partial charge in [-0.15, -0.1) is 0 Å². The minimum atomic E-state index is -0.772. The molecule has 0 saturated carbocycles. The van der Waals surface area contributed by atoms with E-state index in [1.807, 2.05) is 37.2 Å². The molecule has 4 rings (SSSR count). The van der Waals surface area contributed by atoms with Crippen LogP contribution in [0.5, 0.6) is 5.75 Å². The summed E-state index contributed by atoms with van der Waals surface area (Å²) in [5.74, 6) is 2.64. The van der Waals surface area contributed by atoms with Crippen LogP contribution in [-0.2, 0) is 6.54 Å². The lowest BCUT2D eigenvalue weighted by atomic mass is 10.0. The van der Waals surface area contributed by atoms with E-state index in [9.17, 15) is 5.11 Å². The molecule has 8 heteroatoms. The zero-order valence-corrected chi connectivity index (χ0v) is 20.0. The minimum absolute atomic E-state index is 0.537. The topological polar surface area (TPSA) is 77.0 Å². The van der Waals surface area contributed by atoms with Crippen molar-refractivity contribution in [3.63, 3.8) is 0 Å². The summed E-state index contributed by atoms with van der Waals surface area (Å²) in [6, 6.07) is 10.2. The molecule has 1 aromatic carbocycles.